The highest BCUT2D eigenvalue weighted by Gasteiger charge is 2.43. The normalized spacial score (nSPS) is 28.4. The third-order valence-electron chi connectivity index (χ3n) is 4.97. The second-order valence-corrected chi connectivity index (χ2v) is 6.70. The zero-order chi connectivity index (χ0) is 16.2. The van der Waals surface area contributed by atoms with Crippen molar-refractivity contribution in [2.45, 2.75) is 57.6 Å². The summed E-state index contributed by atoms with van der Waals surface area (Å²) in [4.78, 5) is 26.0. The van der Waals surface area contributed by atoms with Crippen LogP contribution in [0.1, 0.15) is 44.6 Å². The number of carbonyl (C=O) groups is 2. The van der Waals surface area contributed by atoms with Crippen LogP contribution in [0, 0.1) is 5.92 Å². The molecule has 2 fully saturated rings. The fraction of sp³-hybridized carbons (Fsp3) is 0.579. The molecule has 1 heterocycles. The monoisotopic (exact) mass is 315 g/mol. The van der Waals surface area contributed by atoms with Crippen molar-refractivity contribution in [3.63, 3.8) is 0 Å². The molecule has 2 aliphatic rings. The summed E-state index contributed by atoms with van der Waals surface area (Å²) in [6, 6.07) is 10.2. The van der Waals surface area contributed by atoms with Crippen LogP contribution in [0.5, 0.6) is 0 Å². The first-order chi connectivity index (χ1) is 11.2. The van der Waals surface area contributed by atoms with Crippen molar-refractivity contribution < 1.29 is 14.3 Å². The van der Waals surface area contributed by atoms with Gasteiger partial charge >= 0.3 is 0 Å². The fourth-order valence-corrected chi connectivity index (χ4v) is 3.70. The standard InChI is InChI=1S/C19H25NO3/c1-14-13-18(21)20(19(14)22)16-9-5-6-10-17(16)23-12-11-15-7-3-2-4-8-15/h2-4,7-8,14,16-17H,5-6,9-13H2,1H3/t14-,16-,17-/m1/s1. The molecule has 1 saturated carbocycles. The van der Waals surface area contributed by atoms with Crippen LogP contribution < -0.4 is 0 Å². The predicted molar refractivity (Wildman–Crippen MR) is 87.8 cm³/mol. The summed E-state index contributed by atoms with van der Waals surface area (Å²) in [5.41, 5.74) is 1.25. The summed E-state index contributed by atoms with van der Waals surface area (Å²) < 4.78 is 6.10. The van der Waals surface area contributed by atoms with E-state index in [2.05, 4.69) is 12.1 Å². The first kappa shape index (κ1) is 16.2. The molecule has 0 spiro atoms. The molecule has 124 valence electrons. The van der Waals surface area contributed by atoms with E-state index >= 15 is 0 Å². The minimum absolute atomic E-state index is 0.00865. The van der Waals surface area contributed by atoms with Crippen LogP contribution in [0.15, 0.2) is 30.3 Å². The number of amides is 2. The Morgan fingerprint density at radius 1 is 1.13 bits per heavy atom. The van der Waals surface area contributed by atoms with Gasteiger partial charge in [0.2, 0.25) is 11.8 Å². The fourth-order valence-electron chi connectivity index (χ4n) is 3.70. The number of hydrogen-bond donors (Lipinski definition) is 0. The highest BCUT2D eigenvalue weighted by atomic mass is 16.5. The lowest BCUT2D eigenvalue weighted by atomic mass is 9.91. The van der Waals surface area contributed by atoms with Gasteiger partial charge in [0.25, 0.3) is 0 Å². The predicted octanol–water partition coefficient (Wildman–Crippen LogP) is 2.95. The number of nitrogens with zero attached hydrogens (tertiary/aromatic N) is 1. The molecule has 3 atom stereocenters. The van der Waals surface area contributed by atoms with Crippen molar-refractivity contribution in [3.05, 3.63) is 35.9 Å². The molecule has 1 aliphatic carbocycles. The number of hydrogen-bond acceptors (Lipinski definition) is 3. The Kier molecular flexibility index (Phi) is 5.11. The van der Waals surface area contributed by atoms with Gasteiger partial charge in [0, 0.05) is 12.3 Å². The van der Waals surface area contributed by atoms with Gasteiger partial charge in [-0.2, -0.15) is 0 Å². The maximum absolute atomic E-state index is 12.3. The topological polar surface area (TPSA) is 46.6 Å². The minimum atomic E-state index is -0.172. The van der Waals surface area contributed by atoms with Crippen molar-refractivity contribution in [1.82, 2.24) is 4.90 Å². The molecule has 0 radical (unpaired) electrons. The highest BCUT2D eigenvalue weighted by Crippen LogP contribution is 2.31. The van der Waals surface area contributed by atoms with Gasteiger partial charge in [-0.25, -0.2) is 0 Å². The van der Waals surface area contributed by atoms with E-state index in [1.54, 1.807) is 0 Å². The van der Waals surface area contributed by atoms with Crippen molar-refractivity contribution in [3.8, 4) is 0 Å². The van der Waals surface area contributed by atoms with E-state index in [-0.39, 0.29) is 29.9 Å². The Balaban J connectivity index is 1.60. The Morgan fingerprint density at radius 2 is 1.87 bits per heavy atom. The molecule has 4 heteroatoms. The van der Waals surface area contributed by atoms with Crippen LogP contribution in [-0.4, -0.2) is 35.5 Å². The average Bonchev–Trinajstić information content (AvgIpc) is 2.82. The molecule has 3 rings (SSSR count). The van der Waals surface area contributed by atoms with E-state index in [1.807, 2.05) is 25.1 Å². The molecular weight excluding hydrogens is 290 g/mol. The second kappa shape index (κ2) is 7.26. The van der Waals surface area contributed by atoms with Gasteiger partial charge < -0.3 is 4.74 Å². The van der Waals surface area contributed by atoms with Crippen LogP contribution in [0.4, 0.5) is 0 Å². The van der Waals surface area contributed by atoms with E-state index in [4.69, 9.17) is 4.74 Å². The van der Waals surface area contributed by atoms with E-state index in [9.17, 15) is 9.59 Å². The van der Waals surface area contributed by atoms with Crippen molar-refractivity contribution in [2.75, 3.05) is 6.61 Å². The number of rotatable bonds is 5. The number of ether oxygens (including phenoxy) is 1. The van der Waals surface area contributed by atoms with E-state index in [0.29, 0.717) is 13.0 Å². The first-order valence-corrected chi connectivity index (χ1v) is 8.68. The molecule has 1 aromatic carbocycles. The molecule has 23 heavy (non-hydrogen) atoms. The van der Waals surface area contributed by atoms with E-state index in [0.717, 1.165) is 32.1 Å². The first-order valence-electron chi connectivity index (χ1n) is 8.68. The Labute approximate surface area is 137 Å². The van der Waals surface area contributed by atoms with Crippen LogP contribution in [0.25, 0.3) is 0 Å². The van der Waals surface area contributed by atoms with Crippen molar-refractivity contribution in [1.29, 1.82) is 0 Å². The molecule has 1 aromatic rings. The third kappa shape index (κ3) is 3.63. The van der Waals surface area contributed by atoms with Crippen LogP contribution >= 0.6 is 0 Å². The van der Waals surface area contributed by atoms with Gasteiger partial charge in [0.1, 0.15) is 0 Å². The number of imide groups is 1. The summed E-state index contributed by atoms with van der Waals surface area (Å²) in [7, 11) is 0. The van der Waals surface area contributed by atoms with E-state index in [1.165, 1.54) is 10.5 Å². The van der Waals surface area contributed by atoms with Gasteiger partial charge in [-0.3, -0.25) is 14.5 Å². The Bertz CT molecular complexity index is 557. The van der Waals surface area contributed by atoms with Crippen molar-refractivity contribution in [2.24, 2.45) is 5.92 Å². The third-order valence-corrected chi connectivity index (χ3v) is 4.97. The smallest absolute Gasteiger partial charge is 0.232 e. The maximum atomic E-state index is 12.3. The zero-order valence-corrected chi connectivity index (χ0v) is 13.7. The summed E-state index contributed by atoms with van der Waals surface area (Å²) in [5, 5.41) is 0. The molecule has 0 unspecified atom stereocenters. The molecule has 0 bridgehead atoms. The molecular formula is C19H25NO3. The lowest BCUT2D eigenvalue weighted by Gasteiger charge is -2.36. The Hall–Kier alpha value is -1.68. The Morgan fingerprint density at radius 3 is 2.57 bits per heavy atom. The van der Waals surface area contributed by atoms with Gasteiger partial charge in [0.15, 0.2) is 0 Å². The quantitative estimate of drug-likeness (QED) is 0.785. The summed E-state index contributed by atoms with van der Waals surface area (Å²) in [6.07, 6.45) is 5.19. The maximum Gasteiger partial charge on any atom is 0.232 e. The molecule has 0 N–H and O–H groups in total. The average molecular weight is 315 g/mol. The van der Waals surface area contributed by atoms with Gasteiger partial charge in [-0.1, -0.05) is 50.1 Å². The van der Waals surface area contributed by atoms with Gasteiger partial charge in [-0.15, -0.1) is 0 Å². The highest BCUT2D eigenvalue weighted by molar-refractivity contribution is 6.03. The lowest BCUT2D eigenvalue weighted by Crippen LogP contribution is -2.49. The molecule has 1 saturated heterocycles. The van der Waals surface area contributed by atoms with Gasteiger partial charge in [0.05, 0.1) is 18.8 Å². The second-order valence-electron chi connectivity index (χ2n) is 6.70. The van der Waals surface area contributed by atoms with Crippen LogP contribution in [-0.2, 0) is 20.7 Å². The summed E-state index contributed by atoms with van der Waals surface area (Å²) in [6.45, 7) is 2.48. The SMILES string of the molecule is C[C@@H]1CC(=O)N([C@@H]2CCCC[C@H]2OCCc2ccccc2)C1=O. The lowest BCUT2D eigenvalue weighted by molar-refractivity contribution is -0.147. The zero-order valence-electron chi connectivity index (χ0n) is 13.7. The summed E-state index contributed by atoms with van der Waals surface area (Å²) in [5.74, 6) is -0.209. The number of benzene rings is 1. The number of likely N-dealkylation sites (tertiary alicyclic amines) is 1. The minimum Gasteiger partial charge on any atom is -0.376 e. The number of carbonyl (C=O) groups excluding carboxylic acids is 2. The largest absolute Gasteiger partial charge is 0.376 e. The molecule has 0 aromatic heterocycles. The van der Waals surface area contributed by atoms with Gasteiger partial charge in [-0.05, 0) is 24.8 Å². The summed E-state index contributed by atoms with van der Waals surface area (Å²) >= 11 is 0. The molecule has 1 aliphatic heterocycles. The van der Waals surface area contributed by atoms with E-state index < -0.39 is 0 Å². The van der Waals surface area contributed by atoms with Crippen LogP contribution in [0.2, 0.25) is 0 Å². The molecule has 4 nitrogen and oxygen atoms in total. The molecule has 2 amide bonds. The van der Waals surface area contributed by atoms with Crippen LogP contribution in [0.3, 0.4) is 0 Å². The van der Waals surface area contributed by atoms with Crippen molar-refractivity contribution >= 4 is 11.8 Å².